The van der Waals surface area contributed by atoms with Crippen molar-refractivity contribution in [2.24, 2.45) is 5.92 Å². The van der Waals surface area contributed by atoms with Crippen molar-refractivity contribution in [2.75, 3.05) is 11.5 Å². The fourth-order valence-electron chi connectivity index (χ4n) is 2.16. The summed E-state index contributed by atoms with van der Waals surface area (Å²) in [6.45, 7) is 0.806. The Labute approximate surface area is 104 Å². The molecule has 17 heavy (non-hydrogen) atoms. The smallest absolute Gasteiger partial charge is 0.313 e. The standard InChI is InChI=1S/C10H16N4O2S/c11-9-12-13-10(17-6-8(15)16)14(9)5-7-3-1-2-4-7/h7H,1-6H2,(H2,11,12)(H,15,16). The second kappa shape index (κ2) is 5.39. The molecule has 1 heterocycles. The summed E-state index contributed by atoms with van der Waals surface area (Å²) in [7, 11) is 0. The first-order chi connectivity index (χ1) is 8.16. The van der Waals surface area contributed by atoms with Crippen LogP contribution in [0.1, 0.15) is 25.7 Å². The maximum Gasteiger partial charge on any atom is 0.313 e. The topological polar surface area (TPSA) is 94.0 Å². The van der Waals surface area contributed by atoms with Crippen molar-refractivity contribution in [3.05, 3.63) is 0 Å². The Hall–Kier alpha value is -1.24. The third-order valence-electron chi connectivity index (χ3n) is 2.99. The van der Waals surface area contributed by atoms with Gasteiger partial charge in [-0.05, 0) is 18.8 Å². The van der Waals surface area contributed by atoms with E-state index in [9.17, 15) is 4.79 Å². The van der Waals surface area contributed by atoms with E-state index in [1.54, 1.807) is 0 Å². The Morgan fingerprint density at radius 1 is 1.47 bits per heavy atom. The zero-order valence-corrected chi connectivity index (χ0v) is 10.3. The molecule has 0 radical (unpaired) electrons. The quantitative estimate of drug-likeness (QED) is 0.769. The number of hydrogen-bond acceptors (Lipinski definition) is 5. The number of nitrogens with two attached hydrogens (primary N) is 1. The summed E-state index contributed by atoms with van der Waals surface area (Å²) in [4.78, 5) is 10.5. The molecule has 1 aromatic rings. The molecular weight excluding hydrogens is 240 g/mol. The van der Waals surface area contributed by atoms with E-state index in [0.717, 1.165) is 6.54 Å². The number of anilines is 1. The van der Waals surface area contributed by atoms with Crippen LogP contribution in [-0.2, 0) is 11.3 Å². The van der Waals surface area contributed by atoms with E-state index in [-0.39, 0.29) is 5.75 Å². The van der Waals surface area contributed by atoms with Crippen LogP contribution in [0.3, 0.4) is 0 Å². The number of aliphatic carboxylic acids is 1. The highest BCUT2D eigenvalue weighted by Crippen LogP contribution is 2.28. The molecule has 0 saturated heterocycles. The Kier molecular flexibility index (Phi) is 3.88. The van der Waals surface area contributed by atoms with E-state index >= 15 is 0 Å². The molecule has 0 spiro atoms. The van der Waals surface area contributed by atoms with Crippen molar-refractivity contribution in [3.8, 4) is 0 Å². The van der Waals surface area contributed by atoms with E-state index in [4.69, 9.17) is 10.8 Å². The van der Waals surface area contributed by atoms with Crippen LogP contribution < -0.4 is 5.73 Å². The second-order valence-corrected chi connectivity index (χ2v) is 5.23. The van der Waals surface area contributed by atoms with Gasteiger partial charge in [0.15, 0.2) is 5.16 Å². The maximum atomic E-state index is 10.5. The van der Waals surface area contributed by atoms with Gasteiger partial charge in [-0.2, -0.15) is 0 Å². The highest BCUT2D eigenvalue weighted by atomic mass is 32.2. The van der Waals surface area contributed by atoms with Crippen LogP contribution in [0, 0.1) is 5.92 Å². The first-order valence-corrected chi connectivity index (χ1v) is 6.68. The van der Waals surface area contributed by atoms with E-state index in [1.807, 2.05) is 4.57 Å². The zero-order chi connectivity index (χ0) is 12.3. The number of carboxylic acids is 1. The monoisotopic (exact) mass is 256 g/mol. The molecule has 0 amide bonds. The van der Waals surface area contributed by atoms with E-state index < -0.39 is 5.97 Å². The summed E-state index contributed by atoms with van der Waals surface area (Å²) in [6.07, 6.45) is 4.95. The third-order valence-corrected chi connectivity index (χ3v) is 3.94. The van der Waals surface area contributed by atoms with Crippen molar-refractivity contribution in [1.29, 1.82) is 0 Å². The minimum atomic E-state index is -0.857. The molecule has 94 valence electrons. The number of carboxylic acid groups (broad SMARTS) is 1. The van der Waals surface area contributed by atoms with Gasteiger partial charge in [-0.25, -0.2) is 0 Å². The Bertz CT molecular complexity index is 401. The molecule has 1 saturated carbocycles. The van der Waals surface area contributed by atoms with Gasteiger partial charge in [-0.15, -0.1) is 10.2 Å². The van der Waals surface area contributed by atoms with Crippen LogP contribution in [0.5, 0.6) is 0 Å². The van der Waals surface area contributed by atoms with E-state index in [1.165, 1.54) is 37.4 Å². The van der Waals surface area contributed by atoms with Crippen LogP contribution in [0.2, 0.25) is 0 Å². The molecule has 6 nitrogen and oxygen atoms in total. The van der Waals surface area contributed by atoms with Gasteiger partial charge in [0.2, 0.25) is 5.95 Å². The molecule has 1 fully saturated rings. The minimum Gasteiger partial charge on any atom is -0.481 e. The van der Waals surface area contributed by atoms with Crippen molar-refractivity contribution in [1.82, 2.24) is 14.8 Å². The van der Waals surface area contributed by atoms with Crippen LogP contribution in [0.15, 0.2) is 5.16 Å². The number of hydrogen-bond donors (Lipinski definition) is 2. The summed E-state index contributed by atoms with van der Waals surface area (Å²) in [5.41, 5.74) is 5.75. The Morgan fingerprint density at radius 2 is 2.18 bits per heavy atom. The van der Waals surface area contributed by atoms with Gasteiger partial charge in [0.05, 0.1) is 5.75 Å². The van der Waals surface area contributed by atoms with Crippen LogP contribution in [0.4, 0.5) is 5.95 Å². The Morgan fingerprint density at radius 3 is 2.82 bits per heavy atom. The lowest BCUT2D eigenvalue weighted by Crippen LogP contribution is -2.12. The number of carbonyl (C=O) groups is 1. The lowest BCUT2D eigenvalue weighted by atomic mass is 10.1. The van der Waals surface area contributed by atoms with Gasteiger partial charge < -0.3 is 10.8 Å². The molecule has 0 aliphatic heterocycles. The maximum absolute atomic E-state index is 10.5. The number of aromatic nitrogens is 3. The fraction of sp³-hybridized carbons (Fsp3) is 0.700. The van der Waals surface area contributed by atoms with Gasteiger partial charge in [0.1, 0.15) is 0 Å². The van der Waals surface area contributed by atoms with E-state index in [0.29, 0.717) is 17.0 Å². The summed E-state index contributed by atoms with van der Waals surface area (Å²) in [5, 5.41) is 17.0. The van der Waals surface area contributed by atoms with Crippen molar-refractivity contribution in [3.63, 3.8) is 0 Å². The molecule has 7 heteroatoms. The number of rotatable bonds is 5. The second-order valence-electron chi connectivity index (χ2n) is 4.28. The summed E-state index contributed by atoms with van der Waals surface area (Å²) >= 11 is 1.17. The fourth-order valence-corrected chi connectivity index (χ4v) is 2.83. The van der Waals surface area contributed by atoms with Gasteiger partial charge in [-0.3, -0.25) is 9.36 Å². The highest BCUT2D eigenvalue weighted by molar-refractivity contribution is 7.99. The average Bonchev–Trinajstić information content (AvgIpc) is 2.89. The molecule has 0 atom stereocenters. The molecule has 2 rings (SSSR count). The van der Waals surface area contributed by atoms with Gasteiger partial charge >= 0.3 is 5.97 Å². The van der Waals surface area contributed by atoms with Gasteiger partial charge in [-0.1, -0.05) is 24.6 Å². The summed E-state index contributed by atoms with van der Waals surface area (Å²) in [6, 6.07) is 0. The van der Waals surface area contributed by atoms with Crippen LogP contribution in [-0.4, -0.2) is 31.6 Å². The lowest BCUT2D eigenvalue weighted by molar-refractivity contribution is -0.133. The molecule has 3 N–H and O–H groups in total. The summed E-state index contributed by atoms with van der Waals surface area (Å²) < 4.78 is 1.84. The molecular formula is C10H16N4O2S. The van der Waals surface area contributed by atoms with Crippen molar-refractivity contribution in [2.45, 2.75) is 37.4 Å². The number of nitrogen functional groups attached to an aromatic ring is 1. The van der Waals surface area contributed by atoms with E-state index in [2.05, 4.69) is 10.2 Å². The summed E-state index contributed by atoms with van der Waals surface area (Å²) in [5.74, 6) is 0.134. The molecule has 1 aliphatic rings. The SMILES string of the molecule is Nc1nnc(SCC(=O)O)n1CC1CCCC1. The Balaban J connectivity index is 2.03. The van der Waals surface area contributed by atoms with Gasteiger partial charge in [0, 0.05) is 6.54 Å². The van der Waals surface area contributed by atoms with Crippen molar-refractivity contribution >= 4 is 23.7 Å². The number of thioether (sulfide) groups is 1. The zero-order valence-electron chi connectivity index (χ0n) is 9.50. The first-order valence-electron chi connectivity index (χ1n) is 5.70. The predicted molar refractivity (Wildman–Crippen MR) is 64.8 cm³/mol. The normalized spacial score (nSPS) is 16.5. The molecule has 1 aromatic heterocycles. The molecule has 0 bridgehead atoms. The van der Waals surface area contributed by atoms with Crippen molar-refractivity contribution < 1.29 is 9.90 Å². The predicted octanol–water partition coefficient (Wildman–Crippen LogP) is 1.23. The molecule has 0 unspecified atom stereocenters. The molecule has 1 aliphatic carbocycles. The number of nitrogens with zero attached hydrogens (tertiary/aromatic N) is 3. The first kappa shape index (κ1) is 12.2. The minimum absolute atomic E-state index is 0.0111. The largest absolute Gasteiger partial charge is 0.481 e. The third kappa shape index (κ3) is 3.12. The van der Waals surface area contributed by atoms with Crippen LogP contribution >= 0.6 is 11.8 Å². The highest BCUT2D eigenvalue weighted by Gasteiger charge is 2.19. The van der Waals surface area contributed by atoms with Gasteiger partial charge in [0.25, 0.3) is 0 Å². The van der Waals surface area contributed by atoms with Crippen LogP contribution in [0.25, 0.3) is 0 Å². The average molecular weight is 256 g/mol. The molecule has 0 aromatic carbocycles. The lowest BCUT2D eigenvalue weighted by Gasteiger charge is -2.12.